The fraction of sp³-hybridized carbons (Fsp3) is 0.259. The maximum absolute atomic E-state index is 13.3. The molecule has 0 saturated carbocycles. The van der Waals surface area contributed by atoms with Crippen molar-refractivity contribution in [2.45, 2.75) is 18.7 Å². The van der Waals surface area contributed by atoms with Gasteiger partial charge in [0, 0.05) is 17.8 Å². The Labute approximate surface area is 208 Å². The molecule has 0 spiro atoms. The highest BCUT2D eigenvalue weighted by atomic mass is 19.1. The monoisotopic (exact) mass is 494 g/mol. The number of halogens is 1. The summed E-state index contributed by atoms with van der Waals surface area (Å²) < 4.78 is 29.5. The summed E-state index contributed by atoms with van der Waals surface area (Å²) in [4.78, 5) is 26.8. The first-order valence-corrected chi connectivity index (χ1v) is 11.3. The first kappa shape index (κ1) is 25.2. The summed E-state index contributed by atoms with van der Waals surface area (Å²) in [5.41, 5.74) is 2.46. The Hall–Kier alpha value is -3.95. The lowest BCUT2D eigenvalue weighted by Crippen LogP contribution is -2.52. The molecule has 9 heteroatoms. The number of amides is 2. The Morgan fingerprint density at radius 1 is 1.06 bits per heavy atom. The van der Waals surface area contributed by atoms with Crippen molar-refractivity contribution in [3.05, 3.63) is 89.2 Å². The zero-order chi connectivity index (χ0) is 25.7. The summed E-state index contributed by atoms with van der Waals surface area (Å²) in [5, 5.41) is 12.9. The molecule has 8 nitrogen and oxygen atoms in total. The van der Waals surface area contributed by atoms with Gasteiger partial charge in [-0.1, -0.05) is 24.3 Å². The van der Waals surface area contributed by atoms with Gasteiger partial charge in [-0.2, -0.15) is 0 Å². The van der Waals surface area contributed by atoms with Crippen LogP contribution in [0.3, 0.4) is 0 Å². The number of ether oxygens (including phenoxy) is 3. The van der Waals surface area contributed by atoms with Crippen LogP contribution in [-0.4, -0.2) is 55.3 Å². The van der Waals surface area contributed by atoms with E-state index < -0.39 is 12.1 Å². The second kappa shape index (κ2) is 11.2. The molecule has 0 radical (unpaired) electrons. The average Bonchev–Trinajstić information content (AvgIpc) is 2.91. The zero-order valence-corrected chi connectivity index (χ0v) is 19.9. The number of hydrogen-bond donors (Lipinski definition) is 2. The molecule has 1 heterocycles. The number of carbonyl (C=O) groups excluding carboxylic acids is 2. The van der Waals surface area contributed by atoms with Crippen LogP contribution >= 0.6 is 0 Å². The Kier molecular flexibility index (Phi) is 7.82. The summed E-state index contributed by atoms with van der Waals surface area (Å²) in [7, 11) is 3.02. The van der Waals surface area contributed by atoms with Gasteiger partial charge < -0.3 is 29.5 Å². The minimum Gasteiger partial charge on any atom is -0.493 e. The van der Waals surface area contributed by atoms with E-state index >= 15 is 0 Å². The van der Waals surface area contributed by atoms with E-state index in [1.54, 1.807) is 59.5 Å². The number of benzene rings is 3. The highest BCUT2D eigenvalue weighted by molar-refractivity contribution is 6.04. The predicted octanol–water partition coefficient (Wildman–Crippen LogP) is 3.56. The van der Waals surface area contributed by atoms with E-state index in [-0.39, 0.29) is 37.4 Å². The average molecular weight is 495 g/mol. The van der Waals surface area contributed by atoms with Crippen molar-refractivity contribution in [3.8, 4) is 11.5 Å². The Bertz CT molecular complexity index is 1220. The van der Waals surface area contributed by atoms with Gasteiger partial charge in [0.2, 0.25) is 5.91 Å². The predicted molar refractivity (Wildman–Crippen MR) is 130 cm³/mol. The first-order valence-electron chi connectivity index (χ1n) is 11.3. The van der Waals surface area contributed by atoms with Crippen LogP contribution < -0.4 is 14.8 Å². The Morgan fingerprint density at radius 2 is 1.75 bits per heavy atom. The molecule has 1 aliphatic heterocycles. The van der Waals surface area contributed by atoms with Gasteiger partial charge in [0.1, 0.15) is 18.5 Å². The molecule has 2 atom stereocenters. The minimum atomic E-state index is -0.622. The molecular formula is C27H27FN2O6. The van der Waals surface area contributed by atoms with E-state index in [2.05, 4.69) is 5.32 Å². The number of anilines is 1. The van der Waals surface area contributed by atoms with Crippen LogP contribution in [0, 0.1) is 5.82 Å². The van der Waals surface area contributed by atoms with Crippen molar-refractivity contribution in [2.24, 2.45) is 0 Å². The lowest BCUT2D eigenvalue weighted by atomic mass is 9.98. The standard InChI is InChI=1S/C27H27FN2O6/c1-34-23-12-7-19(13-24(23)35-2)27(33)29-21-10-5-18(6-11-21)26-22(15-31)30(25(32)16-36-26)14-17-3-8-20(28)9-4-17/h3-13,22,26,31H,14-16H2,1-2H3,(H,29,33). The number of hydrogen-bond acceptors (Lipinski definition) is 6. The fourth-order valence-corrected chi connectivity index (χ4v) is 4.14. The molecule has 0 bridgehead atoms. The summed E-state index contributed by atoms with van der Waals surface area (Å²) in [6, 6.07) is 17.2. The van der Waals surface area contributed by atoms with Crippen LogP contribution in [0.5, 0.6) is 11.5 Å². The van der Waals surface area contributed by atoms with Crippen LogP contribution in [0.15, 0.2) is 66.7 Å². The Balaban J connectivity index is 1.47. The molecule has 1 fully saturated rings. The van der Waals surface area contributed by atoms with Crippen molar-refractivity contribution in [1.82, 2.24) is 4.90 Å². The van der Waals surface area contributed by atoms with E-state index in [1.165, 1.54) is 26.4 Å². The largest absolute Gasteiger partial charge is 0.493 e. The van der Waals surface area contributed by atoms with Crippen molar-refractivity contribution >= 4 is 17.5 Å². The fourth-order valence-electron chi connectivity index (χ4n) is 4.14. The maximum Gasteiger partial charge on any atom is 0.255 e. The molecule has 4 rings (SSSR count). The number of methoxy groups -OCH3 is 2. The van der Waals surface area contributed by atoms with Gasteiger partial charge in [0.25, 0.3) is 5.91 Å². The molecule has 1 saturated heterocycles. The molecule has 1 aliphatic rings. The third kappa shape index (κ3) is 5.48. The molecule has 0 aliphatic carbocycles. The van der Waals surface area contributed by atoms with E-state index in [0.717, 1.165) is 11.1 Å². The zero-order valence-electron chi connectivity index (χ0n) is 19.9. The maximum atomic E-state index is 13.3. The second-order valence-electron chi connectivity index (χ2n) is 8.28. The lowest BCUT2D eigenvalue weighted by molar-refractivity contribution is -0.162. The van der Waals surface area contributed by atoms with Gasteiger partial charge in [-0.3, -0.25) is 9.59 Å². The summed E-state index contributed by atoms with van der Waals surface area (Å²) in [6.45, 7) is -0.223. The van der Waals surface area contributed by atoms with Gasteiger partial charge >= 0.3 is 0 Å². The van der Waals surface area contributed by atoms with Crippen molar-refractivity contribution in [3.63, 3.8) is 0 Å². The third-order valence-corrected chi connectivity index (χ3v) is 6.05. The molecule has 3 aromatic rings. The van der Waals surface area contributed by atoms with E-state index in [9.17, 15) is 19.1 Å². The van der Waals surface area contributed by atoms with Crippen molar-refractivity contribution in [1.29, 1.82) is 0 Å². The molecule has 2 amide bonds. The van der Waals surface area contributed by atoms with Gasteiger partial charge in [-0.15, -0.1) is 0 Å². The topological polar surface area (TPSA) is 97.3 Å². The summed E-state index contributed by atoms with van der Waals surface area (Å²) in [5.74, 6) is 0.0401. The molecule has 36 heavy (non-hydrogen) atoms. The van der Waals surface area contributed by atoms with Gasteiger partial charge in [-0.05, 0) is 53.6 Å². The first-order chi connectivity index (χ1) is 17.4. The highest BCUT2D eigenvalue weighted by Gasteiger charge is 2.37. The molecule has 3 aromatic carbocycles. The van der Waals surface area contributed by atoms with Crippen molar-refractivity contribution < 1.29 is 33.3 Å². The summed E-state index contributed by atoms with van der Waals surface area (Å²) in [6.07, 6.45) is -0.566. The van der Waals surface area contributed by atoms with Crippen LogP contribution in [0.4, 0.5) is 10.1 Å². The number of aliphatic hydroxyl groups excluding tert-OH is 1. The van der Waals surface area contributed by atoms with E-state index in [0.29, 0.717) is 22.7 Å². The molecule has 188 valence electrons. The SMILES string of the molecule is COc1ccc(C(=O)Nc2ccc(C3OCC(=O)N(Cc4ccc(F)cc4)C3CO)cc2)cc1OC. The quantitative estimate of drug-likeness (QED) is 0.497. The second-order valence-corrected chi connectivity index (χ2v) is 8.28. The van der Waals surface area contributed by atoms with E-state index in [4.69, 9.17) is 14.2 Å². The smallest absolute Gasteiger partial charge is 0.255 e. The third-order valence-electron chi connectivity index (χ3n) is 6.05. The lowest BCUT2D eigenvalue weighted by Gasteiger charge is -2.40. The molecule has 0 aromatic heterocycles. The van der Waals surface area contributed by atoms with Gasteiger partial charge in [0.05, 0.1) is 26.9 Å². The van der Waals surface area contributed by atoms with Crippen LogP contribution in [0.1, 0.15) is 27.6 Å². The number of nitrogens with zero attached hydrogens (tertiary/aromatic N) is 1. The molecular weight excluding hydrogens is 467 g/mol. The van der Waals surface area contributed by atoms with Crippen LogP contribution in [-0.2, 0) is 16.1 Å². The summed E-state index contributed by atoms with van der Waals surface area (Å²) >= 11 is 0. The van der Waals surface area contributed by atoms with Gasteiger partial charge in [0.15, 0.2) is 11.5 Å². The molecule has 2 N–H and O–H groups in total. The highest BCUT2D eigenvalue weighted by Crippen LogP contribution is 2.31. The number of nitrogens with one attached hydrogen (secondary N) is 1. The van der Waals surface area contributed by atoms with E-state index in [1.807, 2.05) is 0 Å². The van der Waals surface area contributed by atoms with Crippen LogP contribution in [0.2, 0.25) is 0 Å². The number of carbonyl (C=O) groups is 2. The number of aliphatic hydroxyl groups is 1. The number of rotatable bonds is 8. The van der Waals surface area contributed by atoms with Gasteiger partial charge in [-0.25, -0.2) is 4.39 Å². The van der Waals surface area contributed by atoms with Crippen LogP contribution in [0.25, 0.3) is 0 Å². The number of morpholine rings is 1. The Morgan fingerprint density at radius 3 is 2.39 bits per heavy atom. The van der Waals surface area contributed by atoms with Crippen molar-refractivity contribution in [2.75, 3.05) is 32.8 Å². The minimum absolute atomic E-state index is 0.139. The normalized spacial score (nSPS) is 17.6. The molecule has 2 unspecified atom stereocenters.